The number of rotatable bonds is 8. The highest BCUT2D eigenvalue weighted by Gasteiger charge is 2.68. The van der Waals surface area contributed by atoms with Gasteiger partial charge in [0.2, 0.25) is 0 Å². The van der Waals surface area contributed by atoms with Crippen molar-refractivity contribution in [2.45, 2.75) is 24.9 Å². The van der Waals surface area contributed by atoms with Crippen molar-refractivity contribution in [3.63, 3.8) is 0 Å². The maximum Gasteiger partial charge on any atom is 0.561 e. The van der Waals surface area contributed by atoms with E-state index in [2.05, 4.69) is 11.3 Å². The molecule has 0 fully saturated rings. The van der Waals surface area contributed by atoms with Gasteiger partial charge in [0.05, 0.1) is 23.5 Å². The molecule has 0 aromatic rings. The van der Waals surface area contributed by atoms with Crippen LogP contribution in [0.25, 0.3) is 0 Å². The molecule has 0 N–H and O–H groups in total. The van der Waals surface area contributed by atoms with Gasteiger partial charge in [-0.3, -0.25) is 0 Å². The van der Waals surface area contributed by atoms with Crippen molar-refractivity contribution in [1.29, 1.82) is 0 Å². The van der Waals surface area contributed by atoms with Crippen LogP contribution in [0.5, 0.6) is 0 Å². The molecule has 0 rings (SSSR count). The Labute approximate surface area is 153 Å². The van der Waals surface area contributed by atoms with E-state index >= 15 is 0 Å². The minimum absolute atomic E-state index is 0.0519. The molecule has 0 saturated carbocycles. The fourth-order valence-electron chi connectivity index (χ4n) is 1.65. The maximum atomic E-state index is 12.8. The second kappa shape index (κ2) is 8.34. The lowest BCUT2D eigenvalue weighted by Crippen LogP contribution is -2.48. The molecule has 0 aliphatic rings. The van der Waals surface area contributed by atoms with Crippen LogP contribution in [0.1, 0.15) is 13.8 Å². The molecule has 0 aromatic heterocycles. The van der Waals surface area contributed by atoms with Crippen LogP contribution in [-0.4, -0.2) is 74.9 Å². The Morgan fingerprint density at radius 3 is 1.63 bits per heavy atom. The summed E-state index contributed by atoms with van der Waals surface area (Å²) in [4.78, 5) is 0. The normalized spacial score (nSPS) is 14.0. The molecule has 7 nitrogen and oxygen atoms in total. The standard InChI is InChI=1S/C12H20F6N2O5S2/c1-5-10(25-9-8-20(4,6-2)7-3)19(26(21,22)11(13,14)15)27(23,24)12(16,17)18/h5H,1,6-9H2,2-4H3/q+2. The highest BCUT2D eigenvalue weighted by Crippen LogP contribution is 2.32. The Morgan fingerprint density at radius 2 is 1.37 bits per heavy atom. The molecular formula is C12H20F6N2O5S2+2. The van der Waals surface area contributed by atoms with Crippen LogP contribution in [0.3, 0.4) is 0 Å². The first kappa shape index (κ1) is 25.6. The van der Waals surface area contributed by atoms with Crippen LogP contribution in [0, 0.1) is 0 Å². The van der Waals surface area contributed by atoms with E-state index < -0.39 is 47.0 Å². The Balaban J connectivity index is 6.43. The number of alkyl halides is 6. The zero-order valence-corrected chi connectivity index (χ0v) is 16.3. The highest BCUT2D eigenvalue weighted by atomic mass is 32.3. The molecule has 0 aliphatic carbocycles. The van der Waals surface area contributed by atoms with Crippen LogP contribution in [0.4, 0.5) is 26.3 Å². The van der Waals surface area contributed by atoms with Crippen molar-refractivity contribution >= 4 is 25.9 Å². The van der Waals surface area contributed by atoms with Gasteiger partial charge in [-0.1, -0.05) is 6.58 Å². The molecule has 0 bridgehead atoms. The summed E-state index contributed by atoms with van der Waals surface area (Å²) in [7, 11) is -12.3. The number of hydrogen-bond donors (Lipinski definition) is 0. The molecule has 0 amide bonds. The summed E-state index contributed by atoms with van der Waals surface area (Å²) in [5.41, 5.74) is -12.7. The van der Waals surface area contributed by atoms with Gasteiger partial charge < -0.3 is 9.22 Å². The molecule has 0 spiro atoms. The van der Waals surface area contributed by atoms with Gasteiger partial charge >= 0.3 is 37.0 Å². The Bertz CT molecular complexity index is 734. The molecule has 0 radical (unpaired) electrons. The minimum Gasteiger partial charge on any atom is -0.437 e. The van der Waals surface area contributed by atoms with Crippen molar-refractivity contribution in [3.8, 4) is 0 Å². The van der Waals surface area contributed by atoms with Crippen molar-refractivity contribution in [1.82, 2.24) is 0 Å². The van der Waals surface area contributed by atoms with Crippen molar-refractivity contribution < 1.29 is 55.8 Å². The summed E-state index contributed by atoms with van der Waals surface area (Å²) in [5, 5.41) is 0. The number of likely N-dealkylation sites (N-methyl/N-ethyl adjacent to an activating group) is 1. The second-order valence-corrected chi connectivity index (χ2v) is 9.25. The number of sulfonamides is 2. The second-order valence-electron chi connectivity index (χ2n) is 5.47. The van der Waals surface area contributed by atoms with Gasteiger partial charge in [0.15, 0.2) is 0 Å². The lowest BCUT2D eigenvalue weighted by atomic mass is 10.4. The zero-order chi connectivity index (χ0) is 21.9. The summed E-state index contributed by atoms with van der Waals surface area (Å²) in [6.45, 7) is 6.91. The van der Waals surface area contributed by atoms with Crippen LogP contribution in [-0.2, 0) is 24.8 Å². The van der Waals surface area contributed by atoms with E-state index in [-0.39, 0.29) is 17.1 Å². The first-order chi connectivity index (χ1) is 11.9. The topological polar surface area (TPSA) is 80.5 Å². The van der Waals surface area contributed by atoms with Crippen LogP contribution >= 0.6 is 0 Å². The third kappa shape index (κ3) is 5.57. The monoisotopic (exact) mass is 450 g/mol. The van der Waals surface area contributed by atoms with Gasteiger partial charge in [-0.2, -0.15) is 43.2 Å². The van der Waals surface area contributed by atoms with Gasteiger partial charge in [0.25, 0.3) is 0 Å². The molecule has 15 heteroatoms. The predicted molar refractivity (Wildman–Crippen MR) is 83.5 cm³/mol. The number of nitrogens with zero attached hydrogens (tertiary/aromatic N) is 2. The molecular weight excluding hydrogens is 430 g/mol. The van der Waals surface area contributed by atoms with Crippen molar-refractivity contribution in [3.05, 3.63) is 12.7 Å². The third-order valence-corrected chi connectivity index (χ3v) is 7.36. The fourth-order valence-corrected chi connectivity index (χ4v) is 4.30. The van der Waals surface area contributed by atoms with Crippen LogP contribution in [0.15, 0.2) is 12.7 Å². The SMILES string of the molecule is C=CC(OCC[N+](C)(CC)CC)=[N+](S(=O)(=O)C(F)(F)F)S(=O)(=O)C(F)(F)F. The number of ether oxygens (including phenoxy) is 1. The lowest BCUT2D eigenvalue weighted by molar-refractivity contribution is -0.906. The van der Waals surface area contributed by atoms with Gasteiger partial charge in [0, 0.05) is 6.08 Å². The summed E-state index contributed by atoms with van der Waals surface area (Å²) in [6, 6.07) is 0. The quantitative estimate of drug-likeness (QED) is 0.185. The van der Waals surface area contributed by atoms with Gasteiger partial charge in [-0.25, -0.2) is 0 Å². The largest absolute Gasteiger partial charge is 0.561 e. The lowest BCUT2D eigenvalue weighted by Gasteiger charge is -2.31. The van der Waals surface area contributed by atoms with E-state index in [4.69, 9.17) is 0 Å². The van der Waals surface area contributed by atoms with E-state index in [1.807, 2.05) is 0 Å². The van der Waals surface area contributed by atoms with E-state index in [1.54, 1.807) is 20.9 Å². The molecule has 0 unspecified atom stereocenters. The summed E-state index contributed by atoms with van der Waals surface area (Å²) in [5.74, 6) is -1.72. The number of quaternary nitrogens is 1. The average molecular weight is 450 g/mol. The highest BCUT2D eigenvalue weighted by molar-refractivity contribution is 7.98. The molecule has 160 valence electrons. The van der Waals surface area contributed by atoms with E-state index in [0.29, 0.717) is 13.1 Å². The van der Waals surface area contributed by atoms with Crippen LogP contribution in [0.2, 0.25) is 0 Å². The summed E-state index contributed by atoms with van der Waals surface area (Å²) in [6.07, 6.45) is 0.148. The Hall–Kier alpha value is -1.35. The predicted octanol–water partition coefficient (Wildman–Crippen LogP) is 1.79. The number of halogens is 6. The van der Waals surface area contributed by atoms with E-state index in [9.17, 15) is 43.2 Å². The summed E-state index contributed by atoms with van der Waals surface area (Å²) < 4.78 is 126. The molecule has 0 aromatic carbocycles. The smallest absolute Gasteiger partial charge is 0.437 e. The molecule has 0 atom stereocenters. The minimum atomic E-state index is -6.98. The summed E-state index contributed by atoms with van der Waals surface area (Å²) >= 11 is 0. The third-order valence-electron chi connectivity index (χ3n) is 3.78. The van der Waals surface area contributed by atoms with Crippen LogP contribution < -0.4 is 0 Å². The van der Waals surface area contributed by atoms with Crippen molar-refractivity contribution in [2.24, 2.45) is 0 Å². The Morgan fingerprint density at radius 1 is 1.00 bits per heavy atom. The molecule has 0 aliphatic heterocycles. The maximum absolute atomic E-state index is 12.8. The van der Waals surface area contributed by atoms with E-state index in [1.165, 1.54) is 0 Å². The fraction of sp³-hybridized carbons (Fsp3) is 0.750. The average Bonchev–Trinajstić information content (AvgIpc) is 2.50. The molecule has 0 heterocycles. The number of hydrogen-bond acceptors (Lipinski definition) is 5. The Kier molecular flexibility index (Phi) is 7.93. The van der Waals surface area contributed by atoms with Crippen molar-refractivity contribution in [2.75, 3.05) is 33.3 Å². The molecule has 27 heavy (non-hydrogen) atoms. The first-order valence-corrected chi connectivity index (χ1v) is 10.2. The van der Waals surface area contributed by atoms with Gasteiger partial charge in [0.1, 0.15) is 13.2 Å². The zero-order valence-electron chi connectivity index (χ0n) is 14.6. The van der Waals surface area contributed by atoms with E-state index in [0.717, 1.165) is 0 Å². The van der Waals surface area contributed by atoms with Gasteiger partial charge in [-0.15, -0.1) is 0 Å². The first-order valence-electron chi connectivity index (χ1n) is 7.30. The van der Waals surface area contributed by atoms with Gasteiger partial charge in [-0.05, 0) is 13.8 Å². The molecule has 0 saturated heterocycles.